The second kappa shape index (κ2) is 6.20. The summed E-state index contributed by atoms with van der Waals surface area (Å²) in [6.07, 6.45) is 0. The number of carbonyl (C=O) groups is 1. The molecule has 0 aromatic heterocycles. The van der Waals surface area contributed by atoms with Crippen LogP contribution < -0.4 is 10.5 Å². The van der Waals surface area contributed by atoms with E-state index in [0.717, 1.165) is 0 Å². The van der Waals surface area contributed by atoms with Gasteiger partial charge in [-0.15, -0.1) is 12.4 Å². The second-order valence-electron chi connectivity index (χ2n) is 3.78. The number of benzene rings is 2. The van der Waals surface area contributed by atoms with Crippen molar-refractivity contribution in [2.45, 2.75) is 0 Å². The molecule has 5 heteroatoms. The van der Waals surface area contributed by atoms with Gasteiger partial charge in [0, 0.05) is 5.56 Å². The lowest BCUT2D eigenvalue weighted by atomic mass is 9.99. The molecule has 0 aliphatic heterocycles. The molecule has 2 rings (SSSR count). The van der Waals surface area contributed by atoms with Crippen molar-refractivity contribution in [2.75, 3.05) is 7.11 Å². The molecule has 0 radical (unpaired) electrons. The Kier molecular flexibility index (Phi) is 4.89. The summed E-state index contributed by atoms with van der Waals surface area (Å²) >= 11 is 0. The molecule has 0 aliphatic rings. The molecule has 0 atom stereocenters. The number of carbonyl (C=O) groups excluding carboxylic acids is 1. The smallest absolute Gasteiger partial charge is 0.249 e. The quantitative estimate of drug-likeness (QED) is 0.940. The first-order valence-corrected chi connectivity index (χ1v) is 5.35. The van der Waals surface area contributed by atoms with Gasteiger partial charge in [-0.05, 0) is 41.5 Å². The van der Waals surface area contributed by atoms with Crippen molar-refractivity contribution in [2.24, 2.45) is 5.73 Å². The van der Waals surface area contributed by atoms with E-state index in [4.69, 9.17) is 10.5 Å². The van der Waals surface area contributed by atoms with Crippen LogP contribution in [-0.4, -0.2) is 13.0 Å². The van der Waals surface area contributed by atoms with Crippen molar-refractivity contribution in [3.8, 4) is 16.9 Å². The van der Waals surface area contributed by atoms with Gasteiger partial charge in [0.1, 0.15) is 11.6 Å². The third-order valence-electron chi connectivity index (χ3n) is 2.65. The zero-order valence-corrected chi connectivity index (χ0v) is 11.0. The van der Waals surface area contributed by atoms with Crippen LogP contribution in [0.3, 0.4) is 0 Å². The predicted octanol–water partition coefficient (Wildman–Crippen LogP) is 3.02. The van der Waals surface area contributed by atoms with Crippen LogP contribution in [0.5, 0.6) is 5.75 Å². The van der Waals surface area contributed by atoms with Gasteiger partial charge < -0.3 is 10.5 Å². The Bertz CT molecular complexity index is 584. The number of hydrogen-bond donors (Lipinski definition) is 1. The van der Waals surface area contributed by atoms with E-state index in [1.54, 1.807) is 30.3 Å². The molecule has 0 unspecified atom stereocenters. The first-order valence-electron chi connectivity index (χ1n) is 5.35. The van der Waals surface area contributed by atoms with Gasteiger partial charge in [0.25, 0.3) is 0 Å². The van der Waals surface area contributed by atoms with Gasteiger partial charge in [-0.2, -0.15) is 0 Å². The highest BCUT2D eigenvalue weighted by atomic mass is 35.5. The fourth-order valence-electron chi connectivity index (χ4n) is 1.73. The molecular weight excluding hydrogens is 269 g/mol. The largest absolute Gasteiger partial charge is 0.497 e. The average molecular weight is 282 g/mol. The van der Waals surface area contributed by atoms with Crippen molar-refractivity contribution in [1.29, 1.82) is 0 Å². The minimum Gasteiger partial charge on any atom is -0.497 e. The highest BCUT2D eigenvalue weighted by Gasteiger charge is 2.11. The lowest BCUT2D eigenvalue weighted by molar-refractivity contribution is 0.100. The van der Waals surface area contributed by atoms with Gasteiger partial charge in [-0.25, -0.2) is 4.39 Å². The summed E-state index contributed by atoms with van der Waals surface area (Å²) in [5.74, 6) is -0.251. The van der Waals surface area contributed by atoms with E-state index in [1.807, 2.05) is 0 Å². The first-order chi connectivity index (χ1) is 8.61. The number of hydrogen-bond acceptors (Lipinski definition) is 2. The maximum Gasteiger partial charge on any atom is 0.249 e. The van der Waals surface area contributed by atoms with E-state index in [1.165, 1.54) is 19.2 Å². The summed E-state index contributed by atoms with van der Waals surface area (Å²) in [6, 6.07) is 10.8. The minimum atomic E-state index is -0.531. The van der Waals surface area contributed by atoms with Crippen molar-refractivity contribution < 1.29 is 13.9 Å². The van der Waals surface area contributed by atoms with Gasteiger partial charge in [0.05, 0.1) is 7.11 Å². The van der Waals surface area contributed by atoms with Gasteiger partial charge in [-0.3, -0.25) is 4.79 Å². The summed E-state index contributed by atoms with van der Waals surface area (Å²) in [7, 11) is 1.54. The molecule has 0 bridgehead atoms. The molecule has 2 N–H and O–H groups in total. The van der Waals surface area contributed by atoms with Crippen molar-refractivity contribution in [1.82, 2.24) is 0 Å². The Morgan fingerprint density at radius 3 is 2.32 bits per heavy atom. The van der Waals surface area contributed by atoms with Crippen LogP contribution in [-0.2, 0) is 0 Å². The summed E-state index contributed by atoms with van der Waals surface area (Å²) < 4.78 is 18.0. The Morgan fingerprint density at radius 1 is 1.16 bits per heavy atom. The normalized spacial score (nSPS) is 9.58. The molecule has 0 aliphatic carbocycles. The van der Waals surface area contributed by atoms with Crippen LogP contribution in [0.25, 0.3) is 11.1 Å². The summed E-state index contributed by atoms with van der Waals surface area (Å²) in [6.45, 7) is 0. The van der Waals surface area contributed by atoms with Crippen LogP contribution in [0.15, 0.2) is 42.5 Å². The molecule has 3 nitrogen and oxygen atoms in total. The summed E-state index contributed by atoms with van der Waals surface area (Å²) in [5.41, 5.74) is 7.04. The topological polar surface area (TPSA) is 52.3 Å². The van der Waals surface area contributed by atoms with E-state index >= 15 is 0 Å². The number of ether oxygens (including phenoxy) is 1. The molecule has 100 valence electrons. The van der Waals surface area contributed by atoms with Crippen molar-refractivity contribution >= 4 is 18.3 Å². The highest BCUT2D eigenvalue weighted by molar-refractivity contribution is 6.00. The molecule has 1 amide bonds. The molecule has 0 saturated carbocycles. The van der Waals surface area contributed by atoms with Gasteiger partial charge in [-0.1, -0.05) is 12.1 Å². The molecule has 0 heterocycles. The van der Waals surface area contributed by atoms with E-state index in [-0.39, 0.29) is 18.2 Å². The number of nitrogens with two attached hydrogens (primary N) is 1. The number of methoxy groups -OCH3 is 1. The molecular formula is C14H13ClFNO2. The van der Waals surface area contributed by atoms with Gasteiger partial charge >= 0.3 is 0 Å². The maximum atomic E-state index is 12.9. The number of rotatable bonds is 3. The van der Waals surface area contributed by atoms with Crippen LogP contribution in [0, 0.1) is 5.82 Å². The van der Waals surface area contributed by atoms with Crippen LogP contribution in [0.4, 0.5) is 4.39 Å². The Morgan fingerprint density at radius 2 is 1.79 bits per heavy atom. The van der Waals surface area contributed by atoms with Crippen LogP contribution in [0.2, 0.25) is 0 Å². The lowest BCUT2D eigenvalue weighted by Gasteiger charge is -2.09. The highest BCUT2D eigenvalue weighted by Crippen LogP contribution is 2.28. The maximum absolute atomic E-state index is 12.9. The van der Waals surface area contributed by atoms with Gasteiger partial charge in [0.15, 0.2) is 0 Å². The first kappa shape index (κ1) is 15.0. The van der Waals surface area contributed by atoms with Crippen molar-refractivity contribution in [3.63, 3.8) is 0 Å². The fourth-order valence-corrected chi connectivity index (χ4v) is 1.73. The third-order valence-corrected chi connectivity index (χ3v) is 2.65. The second-order valence-corrected chi connectivity index (χ2v) is 3.78. The molecule has 2 aromatic rings. The Balaban J connectivity index is 0.00000180. The molecule has 0 saturated heterocycles. The minimum absolute atomic E-state index is 0. The summed E-state index contributed by atoms with van der Waals surface area (Å²) in [5, 5.41) is 0. The average Bonchev–Trinajstić information content (AvgIpc) is 2.38. The SMILES string of the molecule is COc1ccc(C(N)=O)c(-c2ccc(F)cc2)c1.Cl. The third kappa shape index (κ3) is 3.23. The molecule has 0 fully saturated rings. The van der Waals surface area contributed by atoms with Crippen LogP contribution in [0.1, 0.15) is 10.4 Å². The zero-order valence-electron chi connectivity index (χ0n) is 10.2. The molecule has 2 aromatic carbocycles. The monoisotopic (exact) mass is 281 g/mol. The van der Waals surface area contributed by atoms with Gasteiger partial charge in [0.2, 0.25) is 5.91 Å². The fraction of sp³-hybridized carbons (Fsp3) is 0.0714. The number of halogens is 2. The molecule has 19 heavy (non-hydrogen) atoms. The van der Waals surface area contributed by atoms with E-state index in [2.05, 4.69) is 0 Å². The predicted molar refractivity (Wildman–Crippen MR) is 74.2 cm³/mol. The zero-order chi connectivity index (χ0) is 13.1. The number of amides is 1. The van der Waals surface area contributed by atoms with E-state index in [9.17, 15) is 9.18 Å². The van der Waals surface area contributed by atoms with E-state index in [0.29, 0.717) is 22.4 Å². The standard InChI is InChI=1S/C14H12FNO2.ClH/c1-18-11-6-7-12(14(16)17)13(8-11)9-2-4-10(15)5-3-9;/h2-8H,1H3,(H2,16,17);1H. The summed E-state index contributed by atoms with van der Waals surface area (Å²) in [4.78, 5) is 11.4. The van der Waals surface area contributed by atoms with Crippen LogP contribution >= 0.6 is 12.4 Å². The Labute approximate surface area is 116 Å². The van der Waals surface area contributed by atoms with E-state index < -0.39 is 5.91 Å². The number of primary amides is 1. The lowest BCUT2D eigenvalue weighted by Crippen LogP contribution is -2.12. The molecule has 0 spiro atoms. The van der Waals surface area contributed by atoms with Crippen molar-refractivity contribution in [3.05, 3.63) is 53.8 Å². The Hall–Kier alpha value is -2.07.